The topological polar surface area (TPSA) is 46.2 Å². The fourth-order valence-electron chi connectivity index (χ4n) is 2.22. The van der Waals surface area contributed by atoms with Crippen molar-refractivity contribution in [2.75, 3.05) is 0 Å². The van der Waals surface area contributed by atoms with Crippen LogP contribution in [0, 0.1) is 0 Å². The maximum absolute atomic E-state index is 11.3. The smallest absolute Gasteiger partial charge is 0.227 e. The molecule has 3 heteroatoms. The van der Waals surface area contributed by atoms with Crippen LogP contribution in [-0.2, 0) is 29.0 Å². The number of Topliss-reactive ketones (excluding diaryl/α,β-unsaturated/α-hetero) is 1. The first-order valence-electron chi connectivity index (χ1n) is 6.02. The lowest BCUT2D eigenvalue weighted by atomic mass is 10.1. The molecule has 0 saturated heterocycles. The zero-order valence-corrected chi connectivity index (χ0v) is 10.1. The molecular formula is C14H17NO2. The van der Waals surface area contributed by atoms with Crippen LogP contribution >= 0.6 is 0 Å². The van der Waals surface area contributed by atoms with Crippen molar-refractivity contribution in [3.8, 4) is 0 Å². The fraction of sp³-hybridized carbons (Fsp3) is 0.429. The minimum absolute atomic E-state index is 0.0229. The van der Waals surface area contributed by atoms with Gasteiger partial charge in [0, 0.05) is 6.54 Å². The van der Waals surface area contributed by atoms with Crippen molar-refractivity contribution in [2.24, 2.45) is 0 Å². The lowest BCUT2D eigenvalue weighted by molar-refractivity contribution is -0.127. The van der Waals surface area contributed by atoms with Crippen LogP contribution in [0.4, 0.5) is 0 Å². The standard InChI is InChI=1S/C14H17NO2/c1-10(16)7-14(17)15-9-11-5-6-12-3-2-4-13(12)8-11/h5-6,8H,2-4,7,9H2,1H3,(H,15,17). The highest BCUT2D eigenvalue weighted by molar-refractivity contribution is 5.96. The highest BCUT2D eigenvalue weighted by Gasteiger charge is 2.11. The molecule has 1 aliphatic rings. The van der Waals surface area contributed by atoms with Gasteiger partial charge in [-0.1, -0.05) is 18.2 Å². The predicted molar refractivity (Wildman–Crippen MR) is 65.6 cm³/mol. The van der Waals surface area contributed by atoms with Crippen LogP contribution in [0.15, 0.2) is 18.2 Å². The largest absolute Gasteiger partial charge is 0.352 e. The van der Waals surface area contributed by atoms with Gasteiger partial charge in [0.25, 0.3) is 0 Å². The number of benzene rings is 1. The van der Waals surface area contributed by atoms with Crippen LogP contribution < -0.4 is 5.32 Å². The van der Waals surface area contributed by atoms with Gasteiger partial charge in [-0.15, -0.1) is 0 Å². The number of hydrogen-bond donors (Lipinski definition) is 1. The number of fused-ring (bicyclic) bond motifs is 1. The van der Waals surface area contributed by atoms with Gasteiger partial charge in [0.2, 0.25) is 5.91 Å². The Kier molecular flexibility index (Phi) is 3.57. The predicted octanol–water partition coefficient (Wildman–Crippen LogP) is 1.77. The van der Waals surface area contributed by atoms with Crippen molar-refractivity contribution < 1.29 is 9.59 Å². The van der Waals surface area contributed by atoms with Crippen molar-refractivity contribution >= 4 is 11.7 Å². The van der Waals surface area contributed by atoms with E-state index in [4.69, 9.17) is 0 Å². The molecule has 90 valence electrons. The molecular weight excluding hydrogens is 214 g/mol. The molecule has 1 amide bonds. The van der Waals surface area contributed by atoms with Gasteiger partial charge < -0.3 is 5.32 Å². The van der Waals surface area contributed by atoms with Gasteiger partial charge >= 0.3 is 0 Å². The molecule has 1 aromatic rings. The summed E-state index contributed by atoms with van der Waals surface area (Å²) >= 11 is 0. The van der Waals surface area contributed by atoms with E-state index < -0.39 is 0 Å². The van der Waals surface area contributed by atoms with Crippen molar-refractivity contribution in [3.63, 3.8) is 0 Å². The third kappa shape index (κ3) is 3.16. The third-order valence-electron chi connectivity index (χ3n) is 3.06. The number of hydrogen-bond acceptors (Lipinski definition) is 2. The zero-order valence-electron chi connectivity index (χ0n) is 10.1. The van der Waals surface area contributed by atoms with Crippen molar-refractivity contribution in [2.45, 2.75) is 39.2 Å². The molecule has 0 atom stereocenters. The van der Waals surface area contributed by atoms with E-state index >= 15 is 0 Å². The number of rotatable bonds is 4. The number of amides is 1. The van der Waals surface area contributed by atoms with Crippen molar-refractivity contribution in [3.05, 3.63) is 34.9 Å². The number of carbonyl (C=O) groups is 2. The van der Waals surface area contributed by atoms with E-state index in [9.17, 15) is 9.59 Å². The van der Waals surface area contributed by atoms with Crippen LogP contribution in [0.3, 0.4) is 0 Å². The van der Waals surface area contributed by atoms with Gasteiger partial charge in [0.1, 0.15) is 5.78 Å². The van der Waals surface area contributed by atoms with Crippen molar-refractivity contribution in [1.29, 1.82) is 0 Å². The van der Waals surface area contributed by atoms with Crippen LogP contribution in [-0.4, -0.2) is 11.7 Å². The Hall–Kier alpha value is -1.64. The molecule has 0 spiro atoms. The quantitative estimate of drug-likeness (QED) is 0.803. The van der Waals surface area contributed by atoms with E-state index in [1.165, 1.54) is 30.9 Å². The first-order valence-corrected chi connectivity index (χ1v) is 6.02. The van der Waals surface area contributed by atoms with Gasteiger partial charge in [0.15, 0.2) is 0 Å². The Morgan fingerprint density at radius 1 is 1.24 bits per heavy atom. The summed E-state index contributed by atoms with van der Waals surface area (Å²) in [5.41, 5.74) is 3.95. The maximum atomic E-state index is 11.3. The van der Waals surface area contributed by atoms with E-state index in [1.807, 2.05) is 0 Å². The lowest BCUT2D eigenvalue weighted by Crippen LogP contribution is -2.24. The molecule has 0 aliphatic heterocycles. The normalized spacial score (nSPS) is 13.2. The van der Waals surface area contributed by atoms with E-state index in [0.29, 0.717) is 6.54 Å². The summed E-state index contributed by atoms with van der Waals surface area (Å²) in [4.78, 5) is 22.1. The van der Waals surface area contributed by atoms with Gasteiger partial charge in [-0.05, 0) is 42.9 Å². The second-order valence-corrected chi connectivity index (χ2v) is 4.61. The summed E-state index contributed by atoms with van der Waals surface area (Å²) in [6.07, 6.45) is 3.53. The Labute approximate surface area is 101 Å². The molecule has 1 aliphatic carbocycles. The number of nitrogens with one attached hydrogen (secondary N) is 1. The average Bonchev–Trinajstić information content (AvgIpc) is 2.72. The average molecular weight is 231 g/mol. The molecule has 17 heavy (non-hydrogen) atoms. The first kappa shape index (κ1) is 11.8. The van der Waals surface area contributed by atoms with Gasteiger partial charge in [-0.2, -0.15) is 0 Å². The number of carbonyl (C=O) groups excluding carboxylic acids is 2. The first-order chi connectivity index (χ1) is 8.15. The lowest BCUT2D eigenvalue weighted by Gasteiger charge is -2.06. The van der Waals surface area contributed by atoms with E-state index in [2.05, 4.69) is 23.5 Å². The summed E-state index contributed by atoms with van der Waals surface area (Å²) < 4.78 is 0. The summed E-state index contributed by atoms with van der Waals surface area (Å²) in [7, 11) is 0. The van der Waals surface area contributed by atoms with Gasteiger partial charge in [-0.25, -0.2) is 0 Å². The third-order valence-corrected chi connectivity index (χ3v) is 3.06. The van der Waals surface area contributed by atoms with E-state index in [0.717, 1.165) is 12.0 Å². The Bertz CT molecular complexity index is 452. The monoisotopic (exact) mass is 231 g/mol. The summed E-state index contributed by atoms with van der Waals surface area (Å²) in [6, 6.07) is 6.36. The summed E-state index contributed by atoms with van der Waals surface area (Å²) in [5, 5.41) is 2.76. The molecule has 0 bridgehead atoms. The second kappa shape index (κ2) is 5.13. The minimum Gasteiger partial charge on any atom is -0.352 e. The molecule has 1 N–H and O–H groups in total. The highest BCUT2D eigenvalue weighted by atomic mass is 16.2. The van der Waals surface area contributed by atoms with Crippen LogP contribution in [0.5, 0.6) is 0 Å². The van der Waals surface area contributed by atoms with Gasteiger partial charge in [-0.3, -0.25) is 9.59 Å². The van der Waals surface area contributed by atoms with Crippen LogP contribution in [0.25, 0.3) is 0 Å². The molecule has 1 aromatic carbocycles. The Balaban J connectivity index is 1.91. The highest BCUT2D eigenvalue weighted by Crippen LogP contribution is 2.22. The van der Waals surface area contributed by atoms with Gasteiger partial charge in [0.05, 0.1) is 6.42 Å². The Morgan fingerprint density at radius 3 is 2.76 bits per heavy atom. The minimum atomic E-state index is -0.196. The summed E-state index contributed by atoms with van der Waals surface area (Å²) in [5.74, 6) is -0.297. The molecule has 0 aromatic heterocycles. The second-order valence-electron chi connectivity index (χ2n) is 4.61. The zero-order chi connectivity index (χ0) is 12.3. The van der Waals surface area contributed by atoms with E-state index in [1.54, 1.807) is 0 Å². The Morgan fingerprint density at radius 2 is 2.00 bits per heavy atom. The molecule has 0 saturated carbocycles. The molecule has 0 heterocycles. The molecule has 3 nitrogen and oxygen atoms in total. The number of ketones is 1. The maximum Gasteiger partial charge on any atom is 0.227 e. The molecule has 0 fully saturated rings. The molecule has 0 radical (unpaired) electrons. The summed E-state index contributed by atoms with van der Waals surface area (Å²) in [6.45, 7) is 1.94. The van der Waals surface area contributed by atoms with Crippen molar-refractivity contribution in [1.82, 2.24) is 5.32 Å². The molecule has 2 rings (SSSR count). The SMILES string of the molecule is CC(=O)CC(=O)NCc1ccc2c(c1)CCC2. The molecule has 0 unspecified atom stereocenters. The number of aryl methyl sites for hydroxylation is 2. The van der Waals surface area contributed by atoms with Crippen LogP contribution in [0.2, 0.25) is 0 Å². The van der Waals surface area contributed by atoms with E-state index in [-0.39, 0.29) is 18.1 Å². The fourth-order valence-corrected chi connectivity index (χ4v) is 2.22. The van der Waals surface area contributed by atoms with Crippen LogP contribution in [0.1, 0.15) is 36.5 Å².